The first-order valence-corrected chi connectivity index (χ1v) is 9.24. The third kappa shape index (κ3) is 6.37. The molecule has 2 aromatic carbocycles. The number of hydrogen-bond donors (Lipinski definition) is 1. The van der Waals surface area contributed by atoms with Gasteiger partial charge in [-0.05, 0) is 41.3 Å². The first-order chi connectivity index (χ1) is 13.8. The highest BCUT2D eigenvalue weighted by Gasteiger charge is 2.15. The van der Waals surface area contributed by atoms with Gasteiger partial charge in [0.25, 0.3) is 5.91 Å². The van der Waals surface area contributed by atoms with Crippen molar-refractivity contribution < 1.29 is 19.1 Å². The standard InChI is InChI=1S/C22H21ClN2O4/c1-14(2)16-6-4-15(5-7-16)10-17(12-24)22(27)29-13-21(26)25-19-11-18(23)8-9-20(19)28-3/h4-11,14H,13H2,1-3H3,(H,25,26)/b17-10+. The number of esters is 1. The molecule has 0 atom stereocenters. The second-order valence-corrected chi connectivity index (χ2v) is 6.90. The minimum Gasteiger partial charge on any atom is -0.495 e. The molecule has 7 heteroatoms. The van der Waals surface area contributed by atoms with E-state index in [4.69, 9.17) is 21.1 Å². The fourth-order valence-corrected chi connectivity index (χ4v) is 2.63. The Morgan fingerprint density at radius 1 is 1.21 bits per heavy atom. The van der Waals surface area contributed by atoms with Crippen molar-refractivity contribution in [3.05, 3.63) is 64.2 Å². The zero-order chi connectivity index (χ0) is 21.4. The number of carbonyl (C=O) groups excluding carboxylic acids is 2. The van der Waals surface area contributed by atoms with Crippen LogP contribution >= 0.6 is 11.6 Å². The van der Waals surface area contributed by atoms with Crippen molar-refractivity contribution in [1.29, 1.82) is 5.26 Å². The van der Waals surface area contributed by atoms with Gasteiger partial charge in [0.2, 0.25) is 0 Å². The fraction of sp³-hybridized carbons (Fsp3) is 0.227. The maximum Gasteiger partial charge on any atom is 0.349 e. The summed E-state index contributed by atoms with van der Waals surface area (Å²) in [6.45, 7) is 3.60. The molecular weight excluding hydrogens is 392 g/mol. The van der Waals surface area contributed by atoms with Crippen LogP contribution in [0.4, 0.5) is 5.69 Å². The number of carbonyl (C=O) groups is 2. The van der Waals surface area contributed by atoms with Gasteiger partial charge in [0.1, 0.15) is 17.4 Å². The summed E-state index contributed by atoms with van der Waals surface area (Å²) in [4.78, 5) is 24.2. The van der Waals surface area contributed by atoms with E-state index in [2.05, 4.69) is 19.2 Å². The summed E-state index contributed by atoms with van der Waals surface area (Å²) in [5.74, 6) is -0.673. The Bertz CT molecular complexity index is 960. The van der Waals surface area contributed by atoms with E-state index in [1.54, 1.807) is 18.2 Å². The highest BCUT2D eigenvalue weighted by Crippen LogP contribution is 2.27. The zero-order valence-corrected chi connectivity index (χ0v) is 17.1. The number of nitrogens with one attached hydrogen (secondary N) is 1. The number of benzene rings is 2. The molecule has 150 valence electrons. The summed E-state index contributed by atoms with van der Waals surface area (Å²) in [7, 11) is 1.45. The Hall–Kier alpha value is -3.30. The van der Waals surface area contributed by atoms with Crippen LogP contribution in [-0.4, -0.2) is 25.6 Å². The van der Waals surface area contributed by atoms with Crippen LogP contribution < -0.4 is 10.1 Å². The van der Waals surface area contributed by atoms with E-state index in [1.807, 2.05) is 24.3 Å². The van der Waals surface area contributed by atoms with Crippen LogP contribution in [0.3, 0.4) is 0 Å². The van der Waals surface area contributed by atoms with Gasteiger partial charge in [0.15, 0.2) is 6.61 Å². The Labute approximate surface area is 174 Å². The molecule has 2 aromatic rings. The number of halogens is 1. The minimum atomic E-state index is -0.881. The maximum atomic E-state index is 12.1. The van der Waals surface area contributed by atoms with Gasteiger partial charge in [0, 0.05) is 5.02 Å². The van der Waals surface area contributed by atoms with Crippen LogP contribution in [0.25, 0.3) is 6.08 Å². The SMILES string of the molecule is COc1ccc(Cl)cc1NC(=O)COC(=O)/C(C#N)=C/c1ccc(C(C)C)cc1. The summed E-state index contributed by atoms with van der Waals surface area (Å²) < 4.78 is 10.1. The quantitative estimate of drug-likeness (QED) is 0.409. The first-order valence-electron chi connectivity index (χ1n) is 8.86. The number of methoxy groups -OCH3 is 1. The molecule has 0 aliphatic rings. The summed E-state index contributed by atoms with van der Waals surface area (Å²) in [6, 6.07) is 14.0. The molecule has 0 unspecified atom stereocenters. The minimum absolute atomic E-state index is 0.199. The molecule has 0 bridgehead atoms. The zero-order valence-electron chi connectivity index (χ0n) is 16.4. The van der Waals surface area contributed by atoms with Gasteiger partial charge in [-0.3, -0.25) is 4.79 Å². The fourth-order valence-electron chi connectivity index (χ4n) is 2.45. The van der Waals surface area contributed by atoms with Crippen LogP contribution in [0.15, 0.2) is 48.0 Å². The average Bonchev–Trinajstić information content (AvgIpc) is 2.70. The third-order valence-corrected chi connectivity index (χ3v) is 4.26. The number of nitrogens with zero attached hydrogens (tertiary/aromatic N) is 1. The van der Waals surface area contributed by atoms with Gasteiger partial charge in [-0.25, -0.2) is 4.79 Å². The first kappa shape index (κ1) is 22.0. The molecule has 0 fully saturated rings. The Morgan fingerprint density at radius 3 is 2.48 bits per heavy atom. The molecule has 0 aliphatic carbocycles. The molecule has 0 spiro atoms. The van der Waals surface area contributed by atoms with Crippen LogP contribution in [-0.2, 0) is 14.3 Å². The smallest absolute Gasteiger partial charge is 0.349 e. The number of ether oxygens (including phenoxy) is 2. The summed E-state index contributed by atoms with van der Waals surface area (Å²) in [6.07, 6.45) is 1.42. The molecule has 0 aromatic heterocycles. The summed E-state index contributed by atoms with van der Waals surface area (Å²) in [5, 5.41) is 12.2. The number of nitriles is 1. The van der Waals surface area contributed by atoms with Gasteiger partial charge >= 0.3 is 5.97 Å². The normalized spacial score (nSPS) is 11.0. The number of hydrogen-bond acceptors (Lipinski definition) is 5. The Kier molecular flexibility index (Phi) is 7.81. The Balaban J connectivity index is 2.00. The highest BCUT2D eigenvalue weighted by molar-refractivity contribution is 6.31. The topological polar surface area (TPSA) is 88.4 Å². The van der Waals surface area contributed by atoms with E-state index in [1.165, 1.54) is 19.3 Å². The molecule has 0 saturated heterocycles. The number of amides is 1. The van der Waals surface area contributed by atoms with Gasteiger partial charge in [-0.2, -0.15) is 5.26 Å². The maximum absolute atomic E-state index is 12.1. The van der Waals surface area contributed by atoms with Crippen molar-refractivity contribution in [3.8, 4) is 11.8 Å². The predicted octanol–water partition coefficient (Wildman–Crippen LogP) is 4.56. The largest absolute Gasteiger partial charge is 0.495 e. The van der Waals surface area contributed by atoms with E-state index in [-0.39, 0.29) is 5.57 Å². The number of rotatable bonds is 7. The monoisotopic (exact) mass is 412 g/mol. The molecule has 1 amide bonds. The Morgan fingerprint density at radius 2 is 1.90 bits per heavy atom. The molecule has 1 N–H and O–H groups in total. The predicted molar refractivity (Wildman–Crippen MR) is 112 cm³/mol. The van der Waals surface area contributed by atoms with Gasteiger partial charge in [-0.15, -0.1) is 0 Å². The van der Waals surface area contributed by atoms with Crippen molar-refractivity contribution in [3.63, 3.8) is 0 Å². The molecule has 29 heavy (non-hydrogen) atoms. The van der Waals surface area contributed by atoms with Crippen molar-refractivity contribution >= 4 is 35.2 Å². The van der Waals surface area contributed by atoms with Gasteiger partial charge in [-0.1, -0.05) is 49.7 Å². The molecule has 0 heterocycles. The van der Waals surface area contributed by atoms with Crippen molar-refractivity contribution in [1.82, 2.24) is 0 Å². The van der Waals surface area contributed by atoms with Crippen LogP contribution in [0.5, 0.6) is 5.75 Å². The molecule has 0 saturated carbocycles. The lowest BCUT2D eigenvalue weighted by Crippen LogP contribution is -2.21. The van der Waals surface area contributed by atoms with E-state index in [0.717, 1.165) is 5.56 Å². The second kappa shape index (κ2) is 10.3. The highest BCUT2D eigenvalue weighted by atomic mass is 35.5. The number of anilines is 1. The lowest BCUT2D eigenvalue weighted by molar-refractivity contribution is -0.142. The van der Waals surface area contributed by atoms with Crippen LogP contribution in [0.1, 0.15) is 30.9 Å². The second-order valence-electron chi connectivity index (χ2n) is 6.46. The van der Waals surface area contributed by atoms with E-state index in [9.17, 15) is 14.9 Å². The third-order valence-electron chi connectivity index (χ3n) is 4.02. The summed E-state index contributed by atoms with van der Waals surface area (Å²) >= 11 is 5.91. The molecule has 0 radical (unpaired) electrons. The molecule has 2 rings (SSSR count). The van der Waals surface area contributed by atoms with Crippen LogP contribution in [0, 0.1) is 11.3 Å². The van der Waals surface area contributed by atoms with E-state index < -0.39 is 18.5 Å². The van der Waals surface area contributed by atoms with Gasteiger partial charge in [0.05, 0.1) is 12.8 Å². The van der Waals surface area contributed by atoms with Crippen LogP contribution in [0.2, 0.25) is 5.02 Å². The van der Waals surface area contributed by atoms with E-state index in [0.29, 0.717) is 27.9 Å². The lowest BCUT2D eigenvalue weighted by Gasteiger charge is -2.10. The molecular formula is C22H21ClN2O4. The van der Waals surface area contributed by atoms with Crippen molar-refractivity contribution in [2.24, 2.45) is 0 Å². The lowest BCUT2D eigenvalue weighted by atomic mass is 10.0. The van der Waals surface area contributed by atoms with Crippen molar-refractivity contribution in [2.75, 3.05) is 19.0 Å². The van der Waals surface area contributed by atoms with Gasteiger partial charge < -0.3 is 14.8 Å². The van der Waals surface area contributed by atoms with E-state index >= 15 is 0 Å². The average molecular weight is 413 g/mol. The molecule has 6 nitrogen and oxygen atoms in total. The van der Waals surface area contributed by atoms with Crippen molar-refractivity contribution in [2.45, 2.75) is 19.8 Å². The molecule has 0 aliphatic heterocycles. The summed E-state index contributed by atoms with van der Waals surface area (Å²) in [5.41, 5.74) is 1.99.